The van der Waals surface area contributed by atoms with Crippen molar-refractivity contribution in [3.05, 3.63) is 24.2 Å². The van der Waals surface area contributed by atoms with E-state index in [0.29, 0.717) is 26.2 Å². The van der Waals surface area contributed by atoms with Crippen LogP contribution < -0.4 is 16.4 Å². The Morgan fingerprint density at radius 2 is 2.11 bits per heavy atom. The fourth-order valence-electron chi connectivity index (χ4n) is 3.06. The molecule has 4 N–H and O–H groups in total. The third-order valence-corrected chi connectivity index (χ3v) is 4.51. The molecule has 0 aliphatic carbocycles. The van der Waals surface area contributed by atoms with E-state index in [-0.39, 0.29) is 41.8 Å². The van der Waals surface area contributed by atoms with E-state index in [4.69, 9.17) is 10.2 Å². The fourth-order valence-corrected chi connectivity index (χ4v) is 3.06. The number of furan rings is 1. The summed E-state index contributed by atoms with van der Waals surface area (Å²) < 4.78 is 5.09. The van der Waals surface area contributed by atoms with Crippen molar-refractivity contribution in [3.8, 4) is 0 Å². The summed E-state index contributed by atoms with van der Waals surface area (Å²) in [6.07, 6.45) is 2.91. The van der Waals surface area contributed by atoms with E-state index in [9.17, 15) is 14.4 Å². The summed E-state index contributed by atoms with van der Waals surface area (Å²) in [6.45, 7) is 5.50. The minimum atomic E-state index is -0.668. The van der Waals surface area contributed by atoms with E-state index < -0.39 is 11.9 Å². The fraction of sp³-hybridized carbons (Fsp3) is 0.611. The first-order valence-electron chi connectivity index (χ1n) is 9.05. The molecule has 152 valence electrons. The average molecular weight is 401 g/mol. The highest BCUT2D eigenvalue weighted by atomic mass is 35.5. The molecule has 1 saturated heterocycles. The van der Waals surface area contributed by atoms with Crippen molar-refractivity contribution >= 4 is 30.1 Å². The maximum absolute atomic E-state index is 13.0. The highest BCUT2D eigenvalue weighted by Gasteiger charge is 2.34. The zero-order valence-corrected chi connectivity index (χ0v) is 16.6. The van der Waals surface area contributed by atoms with E-state index in [1.807, 2.05) is 13.8 Å². The number of nitrogens with one attached hydrogen (secondary N) is 2. The summed E-state index contributed by atoms with van der Waals surface area (Å²) in [5.74, 6) is -0.831. The molecule has 8 nitrogen and oxygen atoms in total. The predicted molar refractivity (Wildman–Crippen MR) is 103 cm³/mol. The van der Waals surface area contributed by atoms with Crippen LogP contribution in [0.4, 0.5) is 0 Å². The van der Waals surface area contributed by atoms with Gasteiger partial charge in [0, 0.05) is 26.2 Å². The Hall–Kier alpha value is -2.06. The van der Waals surface area contributed by atoms with Crippen molar-refractivity contribution in [2.45, 2.75) is 32.7 Å². The molecule has 0 radical (unpaired) electrons. The Kier molecular flexibility index (Phi) is 9.31. The van der Waals surface area contributed by atoms with E-state index in [0.717, 1.165) is 12.8 Å². The molecule has 27 heavy (non-hydrogen) atoms. The zero-order valence-electron chi connectivity index (χ0n) is 15.8. The Morgan fingerprint density at radius 1 is 1.37 bits per heavy atom. The summed E-state index contributed by atoms with van der Waals surface area (Å²) in [7, 11) is 0. The molecule has 9 heteroatoms. The predicted octanol–water partition coefficient (Wildman–Crippen LogP) is 0.769. The largest absolute Gasteiger partial charge is 0.459 e. The number of hydrogen-bond acceptors (Lipinski definition) is 5. The smallest absolute Gasteiger partial charge is 0.287 e. The Morgan fingerprint density at radius 3 is 2.70 bits per heavy atom. The highest BCUT2D eigenvalue weighted by molar-refractivity contribution is 5.95. The average Bonchev–Trinajstić information content (AvgIpc) is 3.18. The number of amides is 3. The van der Waals surface area contributed by atoms with Crippen LogP contribution in [0.2, 0.25) is 0 Å². The van der Waals surface area contributed by atoms with Gasteiger partial charge in [-0.2, -0.15) is 0 Å². The van der Waals surface area contributed by atoms with Crippen molar-refractivity contribution in [1.82, 2.24) is 15.5 Å². The van der Waals surface area contributed by atoms with Gasteiger partial charge in [-0.3, -0.25) is 14.4 Å². The van der Waals surface area contributed by atoms with Crippen LogP contribution in [0, 0.1) is 11.8 Å². The number of nitrogens with two attached hydrogens (primary N) is 1. The molecule has 0 aromatic carbocycles. The molecule has 0 spiro atoms. The second-order valence-electron chi connectivity index (χ2n) is 6.88. The molecule has 2 rings (SSSR count). The van der Waals surface area contributed by atoms with E-state index in [2.05, 4.69) is 10.6 Å². The summed E-state index contributed by atoms with van der Waals surface area (Å²) in [5.41, 5.74) is 5.41. The molecule has 1 fully saturated rings. The van der Waals surface area contributed by atoms with Crippen molar-refractivity contribution < 1.29 is 18.8 Å². The van der Waals surface area contributed by atoms with Gasteiger partial charge in [0.15, 0.2) is 5.76 Å². The van der Waals surface area contributed by atoms with Crippen LogP contribution >= 0.6 is 12.4 Å². The molecule has 1 aromatic rings. The number of piperidine rings is 1. The number of carbonyl (C=O) groups excluding carboxylic acids is 3. The molecule has 2 heterocycles. The lowest BCUT2D eigenvalue weighted by atomic mass is 9.95. The van der Waals surface area contributed by atoms with Crippen molar-refractivity contribution in [2.75, 3.05) is 26.2 Å². The monoisotopic (exact) mass is 400 g/mol. The summed E-state index contributed by atoms with van der Waals surface area (Å²) in [5, 5.41) is 5.53. The second kappa shape index (κ2) is 10.9. The Labute approximate surface area is 165 Å². The van der Waals surface area contributed by atoms with Crippen LogP contribution in [0.3, 0.4) is 0 Å². The van der Waals surface area contributed by atoms with Gasteiger partial charge in [0.05, 0.1) is 12.2 Å². The Balaban J connectivity index is 0.00000364. The van der Waals surface area contributed by atoms with E-state index >= 15 is 0 Å². The quantitative estimate of drug-likeness (QED) is 0.624. The number of halogens is 1. The van der Waals surface area contributed by atoms with Gasteiger partial charge in [-0.1, -0.05) is 13.8 Å². The normalized spacial score (nSPS) is 17.8. The molecular weight excluding hydrogens is 372 g/mol. The second-order valence-corrected chi connectivity index (χ2v) is 6.88. The minimum Gasteiger partial charge on any atom is -0.459 e. The lowest BCUT2D eigenvalue weighted by molar-refractivity contribution is -0.138. The van der Waals surface area contributed by atoms with Gasteiger partial charge in [-0.25, -0.2) is 0 Å². The highest BCUT2D eigenvalue weighted by Crippen LogP contribution is 2.19. The topological polar surface area (TPSA) is 118 Å². The van der Waals surface area contributed by atoms with Crippen LogP contribution in [0.25, 0.3) is 0 Å². The number of hydrogen-bond donors (Lipinski definition) is 3. The van der Waals surface area contributed by atoms with Crippen LogP contribution in [-0.2, 0) is 9.59 Å². The first kappa shape index (κ1) is 23.0. The van der Waals surface area contributed by atoms with Crippen LogP contribution in [-0.4, -0.2) is 54.8 Å². The minimum absolute atomic E-state index is 0. The molecular formula is C18H29ClN4O4. The molecule has 3 amide bonds. The maximum Gasteiger partial charge on any atom is 0.287 e. The first-order chi connectivity index (χ1) is 12.4. The third-order valence-electron chi connectivity index (χ3n) is 4.51. The number of rotatable bonds is 7. The van der Waals surface area contributed by atoms with Crippen molar-refractivity contribution in [2.24, 2.45) is 17.6 Å². The molecule has 2 atom stereocenters. The summed E-state index contributed by atoms with van der Waals surface area (Å²) >= 11 is 0. The molecule has 0 bridgehead atoms. The van der Waals surface area contributed by atoms with E-state index in [1.54, 1.807) is 17.0 Å². The SMILES string of the molecule is CC(C)C(NC(=O)c1ccco1)C(=O)N1CCCC(C(=O)NCCN)C1.Cl. The van der Waals surface area contributed by atoms with Crippen molar-refractivity contribution in [1.29, 1.82) is 0 Å². The first-order valence-corrected chi connectivity index (χ1v) is 9.05. The molecule has 0 saturated carbocycles. The lowest BCUT2D eigenvalue weighted by Gasteiger charge is -2.35. The number of nitrogens with zero attached hydrogens (tertiary/aromatic N) is 1. The number of likely N-dealkylation sites (tertiary alicyclic amines) is 1. The van der Waals surface area contributed by atoms with Gasteiger partial charge in [0.1, 0.15) is 6.04 Å². The third kappa shape index (κ3) is 6.25. The molecule has 1 aromatic heterocycles. The van der Waals surface area contributed by atoms with E-state index in [1.165, 1.54) is 6.26 Å². The van der Waals surface area contributed by atoms with Gasteiger partial charge >= 0.3 is 0 Å². The molecule has 1 aliphatic rings. The van der Waals surface area contributed by atoms with Crippen LogP contribution in [0.5, 0.6) is 0 Å². The van der Waals surface area contributed by atoms with Gasteiger partial charge < -0.3 is 25.7 Å². The van der Waals surface area contributed by atoms with Gasteiger partial charge in [-0.05, 0) is 30.9 Å². The zero-order chi connectivity index (χ0) is 19.1. The maximum atomic E-state index is 13.0. The van der Waals surface area contributed by atoms with Crippen LogP contribution in [0.1, 0.15) is 37.2 Å². The van der Waals surface area contributed by atoms with Gasteiger partial charge in [0.25, 0.3) is 5.91 Å². The molecule has 1 aliphatic heterocycles. The molecule has 2 unspecified atom stereocenters. The lowest BCUT2D eigenvalue weighted by Crippen LogP contribution is -2.54. The number of carbonyl (C=O) groups is 3. The van der Waals surface area contributed by atoms with Gasteiger partial charge in [-0.15, -0.1) is 12.4 Å². The summed E-state index contributed by atoms with van der Waals surface area (Å²) in [6, 6.07) is 2.50. The van der Waals surface area contributed by atoms with Gasteiger partial charge in [0.2, 0.25) is 11.8 Å². The standard InChI is InChI=1S/C18H28N4O4.ClH/c1-12(2)15(21-17(24)14-6-4-10-26-14)18(25)22-9-3-5-13(11-22)16(23)20-8-7-19;/h4,6,10,12-13,15H,3,5,7-9,11,19H2,1-2H3,(H,20,23)(H,21,24);1H. The van der Waals surface area contributed by atoms with Crippen LogP contribution in [0.15, 0.2) is 22.8 Å². The van der Waals surface area contributed by atoms with Crippen molar-refractivity contribution in [3.63, 3.8) is 0 Å². The Bertz CT molecular complexity index is 621. The summed E-state index contributed by atoms with van der Waals surface area (Å²) in [4.78, 5) is 39.0.